The molecule has 1 aliphatic heterocycles. The number of hydrazone groups is 1. The first-order valence-corrected chi connectivity index (χ1v) is 12.9. The van der Waals surface area contributed by atoms with Crippen molar-refractivity contribution in [3.8, 4) is 17.3 Å². The summed E-state index contributed by atoms with van der Waals surface area (Å²) in [6.45, 7) is 3.43. The lowest BCUT2D eigenvalue weighted by Crippen LogP contribution is -2.25. The van der Waals surface area contributed by atoms with Crippen molar-refractivity contribution >= 4 is 28.1 Å². The van der Waals surface area contributed by atoms with Crippen molar-refractivity contribution < 1.29 is 9.53 Å². The SMILES string of the molecule is CC(=O)N1N=C(c2ccc(N=[N+]=[N-])cc2)C[C@H]1c1c(C)nn(-c2ccccc2)c1Oc1ccc2ccccc2c1. The van der Waals surface area contributed by atoms with Gasteiger partial charge in [0, 0.05) is 23.9 Å². The van der Waals surface area contributed by atoms with Gasteiger partial charge in [-0.1, -0.05) is 77.9 Å². The number of nitrogens with zero attached hydrogens (tertiary/aromatic N) is 7. The number of amides is 1. The Morgan fingerprint density at radius 3 is 2.42 bits per heavy atom. The van der Waals surface area contributed by atoms with Gasteiger partial charge in [0.1, 0.15) is 5.75 Å². The third-order valence-electron chi connectivity index (χ3n) is 6.93. The van der Waals surface area contributed by atoms with Gasteiger partial charge in [0.2, 0.25) is 11.8 Å². The number of hydrogen-bond acceptors (Lipinski definition) is 5. The Labute approximate surface area is 230 Å². The molecule has 1 aliphatic rings. The quantitative estimate of drug-likeness (QED) is 0.128. The predicted molar refractivity (Wildman–Crippen MR) is 154 cm³/mol. The molecule has 0 fully saturated rings. The second-order valence-electron chi connectivity index (χ2n) is 9.53. The Kier molecular flexibility index (Phi) is 6.48. The number of azide groups is 1. The fourth-order valence-electron chi connectivity index (χ4n) is 5.06. The highest BCUT2D eigenvalue weighted by Gasteiger charge is 2.37. The minimum Gasteiger partial charge on any atom is -0.438 e. The van der Waals surface area contributed by atoms with Crippen molar-refractivity contribution in [1.82, 2.24) is 14.8 Å². The molecule has 0 spiro atoms. The molecule has 9 nitrogen and oxygen atoms in total. The van der Waals surface area contributed by atoms with Crippen molar-refractivity contribution in [2.24, 2.45) is 10.2 Å². The zero-order valence-electron chi connectivity index (χ0n) is 22.0. The molecule has 2 heterocycles. The summed E-state index contributed by atoms with van der Waals surface area (Å²) in [5.41, 5.74) is 13.2. The van der Waals surface area contributed by atoms with E-state index < -0.39 is 6.04 Å². The number of ether oxygens (including phenoxy) is 1. The molecule has 6 rings (SSSR count). The number of aryl methyl sites for hydroxylation is 1. The second kappa shape index (κ2) is 10.4. The van der Waals surface area contributed by atoms with Gasteiger partial charge >= 0.3 is 0 Å². The predicted octanol–water partition coefficient (Wildman–Crippen LogP) is 7.77. The lowest BCUT2D eigenvalue weighted by Gasteiger charge is -2.21. The molecule has 0 unspecified atom stereocenters. The van der Waals surface area contributed by atoms with E-state index in [0.717, 1.165) is 39.0 Å². The number of carbonyl (C=O) groups is 1. The first-order valence-electron chi connectivity index (χ1n) is 12.9. The summed E-state index contributed by atoms with van der Waals surface area (Å²) < 4.78 is 8.40. The Morgan fingerprint density at radius 2 is 1.70 bits per heavy atom. The zero-order valence-corrected chi connectivity index (χ0v) is 22.0. The Morgan fingerprint density at radius 1 is 0.975 bits per heavy atom. The first-order chi connectivity index (χ1) is 19.5. The van der Waals surface area contributed by atoms with Gasteiger partial charge in [0.05, 0.1) is 28.7 Å². The van der Waals surface area contributed by atoms with Crippen LogP contribution in [0.1, 0.15) is 36.2 Å². The highest BCUT2D eigenvalue weighted by molar-refractivity contribution is 6.03. The molecule has 0 radical (unpaired) electrons. The fraction of sp³-hybridized carbons (Fsp3) is 0.129. The second-order valence-corrected chi connectivity index (χ2v) is 9.53. The van der Waals surface area contributed by atoms with Crippen LogP contribution in [-0.2, 0) is 4.79 Å². The largest absolute Gasteiger partial charge is 0.438 e. The van der Waals surface area contributed by atoms with E-state index in [9.17, 15) is 4.79 Å². The number of para-hydroxylation sites is 1. The van der Waals surface area contributed by atoms with Gasteiger partial charge in [-0.05, 0) is 53.1 Å². The lowest BCUT2D eigenvalue weighted by atomic mass is 9.98. The smallest absolute Gasteiger partial charge is 0.240 e. The van der Waals surface area contributed by atoms with Gasteiger partial charge in [0.15, 0.2) is 0 Å². The van der Waals surface area contributed by atoms with Gasteiger partial charge in [-0.3, -0.25) is 4.79 Å². The van der Waals surface area contributed by atoms with Crippen LogP contribution in [0.2, 0.25) is 0 Å². The number of benzene rings is 4. The number of rotatable bonds is 6. The van der Waals surface area contributed by atoms with Crippen molar-refractivity contribution in [3.63, 3.8) is 0 Å². The molecule has 196 valence electrons. The van der Waals surface area contributed by atoms with Crippen LogP contribution in [0.4, 0.5) is 5.69 Å². The Bertz CT molecular complexity index is 1800. The summed E-state index contributed by atoms with van der Waals surface area (Å²) in [6, 6.07) is 30.6. The molecular weight excluding hydrogens is 502 g/mol. The van der Waals surface area contributed by atoms with Crippen LogP contribution < -0.4 is 4.74 Å². The van der Waals surface area contributed by atoms with Crippen molar-refractivity contribution in [2.75, 3.05) is 0 Å². The summed E-state index contributed by atoms with van der Waals surface area (Å²) >= 11 is 0. The molecule has 0 N–H and O–H groups in total. The summed E-state index contributed by atoms with van der Waals surface area (Å²) in [6.07, 6.45) is 0.468. The van der Waals surface area contributed by atoms with Gasteiger partial charge < -0.3 is 4.74 Å². The Hall–Kier alpha value is -5.40. The highest BCUT2D eigenvalue weighted by atomic mass is 16.5. The van der Waals surface area contributed by atoms with E-state index in [1.807, 2.05) is 85.8 Å². The van der Waals surface area contributed by atoms with Gasteiger partial charge in [0.25, 0.3) is 0 Å². The number of hydrogen-bond donors (Lipinski definition) is 0. The maximum Gasteiger partial charge on any atom is 0.240 e. The number of fused-ring (bicyclic) bond motifs is 1. The van der Waals surface area contributed by atoms with Crippen LogP contribution in [0.3, 0.4) is 0 Å². The molecule has 0 saturated heterocycles. The van der Waals surface area contributed by atoms with E-state index in [1.165, 1.54) is 11.9 Å². The van der Waals surface area contributed by atoms with E-state index in [-0.39, 0.29) is 5.91 Å². The van der Waals surface area contributed by atoms with Gasteiger partial charge in [-0.25, -0.2) is 9.69 Å². The normalized spacial score (nSPS) is 14.6. The van der Waals surface area contributed by atoms with E-state index >= 15 is 0 Å². The van der Waals surface area contributed by atoms with Crippen molar-refractivity contribution in [1.29, 1.82) is 0 Å². The average molecular weight is 528 g/mol. The van der Waals surface area contributed by atoms with E-state index in [4.69, 9.17) is 20.5 Å². The molecule has 0 saturated carbocycles. The summed E-state index contributed by atoms with van der Waals surface area (Å²) in [5, 5.41) is 16.9. The molecule has 5 aromatic rings. The van der Waals surface area contributed by atoms with Gasteiger partial charge in [-0.2, -0.15) is 10.2 Å². The minimum atomic E-state index is -0.419. The maximum atomic E-state index is 12.8. The van der Waals surface area contributed by atoms with Crippen molar-refractivity contribution in [2.45, 2.75) is 26.3 Å². The van der Waals surface area contributed by atoms with Crippen LogP contribution in [-0.4, -0.2) is 26.4 Å². The summed E-state index contributed by atoms with van der Waals surface area (Å²) in [4.78, 5) is 15.7. The molecule has 40 heavy (non-hydrogen) atoms. The molecular formula is C31H25N7O2. The molecule has 1 aromatic heterocycles. The maximum absolute atomic E-state index is 12.8. The fourth-order valence-corrected chi connectivity index (χ4v) is 5.06. The monoisotopic (exact) mass is 527 g/mol. The third-order valence-corrected chi connectivity index (χ3v) is 6.93. The third kappa shape index (κ3) is 4.66. The van der Waals surface area contributed by atoms with E-state index in [0.29, 0.717) is 23.7 Å². The zero-order chi connectivity index (χ0) is 27.6. The van der Waals surface area contributed by atoms with Crippen LogP contribution in [0.5, 0.6) is 11.6 Å². The van der Waals surface area contributed by atoms with Crippen LogP contribution >= 0.6 is 0 Å². The standard InChI is InChI=1S/C31H25N7O2/c1-20-30(29-19-28(35-37(29)21(2)39)23-12-15-25(16-13-23)33-36-32)31(38(34-20)26-10-4-3-5-11-26)40-27-17-14-22-8-6-7-9-24(22)18-27/h3-18,29H,19H2,1-2H3/t29-/m0/s1. The van der Waals surface area contributed by atoms with Crippen LogP contribution in [0.15, 0.2) is 107 Å². The number of aromatic nitrogens is 2. The summed E-state index contributed by atoms with van der Waals surface area (Å²) in [7, 11) is 0. The first kappa shape index (κ1) is 24.9. The van der Waals surface area contributed by atoms with Crippen LogP contribution in [0, 0.1) is 6.92 Å². The lowest BCUT2D eigenvalue weighted by molar-refractivity contribution is -0.130. The van der Waals surface area contributed by atoms with Crippen LogP contribution in [0.25, 0.3) is 26.9 Å². The topological polar surface area (TPSA) is 108 Å². The summed E-state index contributed by atoms with van der Waals surface area (Å²) in [5.74, 6) is 1.01. The average Bonchev–Trinajstić information content (AvgIpc) is 3.55. The molecule has 9 heteroatoms. The minimum absolute atomic E-state index is 0.186. The highest BCUT2D eigenvalue weighted by Crippen LogP contribution is 2.42. The molecule has 1 atom stereocenters. The van der Waals surface area contributed by atoms with Crippen molar-refractivity contribution in [3.05, 3.63) is 124 Å². The van der Waals surface area contributed by atoms with Gasteiger partial charge in [-0.15, -0.1) is 0 Å². The van der Waals surface area contributed by atoms with E-state index in [1.54, 1.807) is 16.8 Å². The van der Waals surface area contributed by atoms with E-state index in [2.05, 4.69) is 16.1 Å². The Balaban J connectivity index is 1.44. The molecule has 0 aliphatic carbocycles. The molecule has 1 amide bonds. The molecule has 4 aromatic carbocycles. The number of carbonyl (C=O) groups excluding carboxylic acids is 1. The molecule has 0 bridgehead atoms.